The molecule has 21 heavy (non-hydrogen) atoms. The number of fused-ring (bicyclic) bond motifs is 1. The number of rotatable bonds is 3. The third-order valence-electron chi connectivity index (χ3n) is 4.72. The summed E-state index contributed by atoms with van der Waals surface area (Å²) in [5, 5.41) is 1.21. The third-order valence-corrected chi connectivity index (χ3v) is 4.72. The zero-order chi connectivity index (χ0) is 14.8. The van der Waals surface area contributed by atoms with E-state index in [9.17, 15) is 0 Å². The molecule has 1 aromatic heterocycles. The number of piperidine rings is 1. The fraction of sp³-hybridized carbons (Fsp3) is 0.500. The fourth-order valence-corrected chi connectivity index (χ4v) is 3.23. The molecule has 3 heteroatoms. The number of nitrogens with zero attached hydrogens (tertiary/aromatic N) is 3. The van der Waals surface area contributed by atoms with Gasteiger partial charge in [0.25, 0.3) is 0 Å². The molecule has 2 heterocycles. The van der Waals surface area contributed by atoms with E-state index in [4.69, 9.17) is 4.98 Å². The second-order valence-electron chi connectivity index (χ2n) is 6.33. The molecule has 3 nitrogen and oxygen atoms in total. The Morgan fingerprint density at radius 1 is 1.10 bits per heavy atom. The van der Waals surface area contributed by atoms with Crippen molar-refractivity contribution < 1.29 is 0 Å². The number of aromatic nitrogens is 1. The van der Waals surface area contributed by atoms with Crippen LogP contribution in [0.25, 0.3) is 10.9 Å². The first-order chi connectivity index (χ1) is 10.1. The summed E-state index contributed by atoms with van der Waals surface area (Å²) in [6.45, 7) is 6.96. The van der Waals surface area contributed by atoms with Crippen molar-refractivity contribution in [2.45, 2.75) is 38.8 Å². The van der Waals surface area contributed by atoms with Crippen LogP contribution in [-0.4, -0.2) is 42.1 Å². The Labute approximate surface area is 127 Å². The minimum atomic E-state index is 0.605. The van der Waals surface area contributed by atoms with Crippen molar-refractivity contribution in [1.29, 1.82) is 0 Å². The van der Waals surface area contributed by atoms with Crippen molar-refractivity contribution in [3.05, 3.63) is 36.4 Å². The standard InChI is InChI=1S/C18H25N3/c1-14(2)21-12-10-16(11-13-21)20(3)18-9-8-15-6-4-5-7-17(15)19-18/h4-9,14,16H,10-13H2,1-3H3. The topological polar surface area (TPSA) is 19.4 Å². The van der Waals surface area contributed by atoms with Crippen LogP contribution in [0.3, 0.4) is 0 Å². The first kappa shape index (κ1) is 14.3. The SMILES string of the molecule is CC(C)N1CCC(N(C)c2ccc3ccccc3n2)CC1. The predicted octanol–water partition coefficient (Wildman–Crippen LogP) is 3.54. The Kier molecular flexibility index (Phi) is 4.11. The Balaban J connectivity index is 1.73. The molecular weight excluding hydrogens is 258 g/mol. The van der Waals surface area contributed by atoms with Crippen LogP contribution in [-0.2, 0) is 0 Å². The largest absolute Gasteiger partial charge is 0.357 e. The number of hydrogen-bond acceptors (Lipinski definition) is 3. The molecule has 2 aromatic rings. The van der Waals surface area contributed by atoms with Crippen molar-refractivity contribution in [3.8, 4) is 0 Å². The Bertz CT molecular complexity index is 600. The van der Waals surface area contributed by atoms with Gasteiger partial charge in [-0.05, 0) is 44.9 Å². The highest BCUT2D eigenvalue weighted by molar-refractivity contribution is 5.80. The second-order valence-corrected chi connectivity index (χ2v) is 6.33. The lowest BCUT2D eigenvalue weighted by atomic mass is 10.0. The van der Waals surface area contributed by atoms with Gasteiger partial charge in [0.15, 0.2) is 0 Å². The minimum absolute atomic E-state index is 0.605. The van der Waals surface area contributed by atoms with E-state index in [0.29, 0.717) is 12.1 Å². The number of hydrogen-bond donors (Lipinski definition) is 0. The Morgan fingerprint density at radius 2 is 1.81 bits per heavy atom. The maximum atomic E-state index is 4.82. The zero-order valence-electron chi connectivity index (χ0n) is 13.3. The maximum absolute atomic E-state index is 4.82. The van der Waals surface area contributed by atoms with E-state index in [1.807, 2.05) is 0 Å². The first-order valence-corrected chi connectivity index (χ1v) is 7.98. The van der Waals surface area contributed by atoms with Crippen molar-refractivity contribution in [2.75, 3.05) is 25.0 Å². The summed E-state index contributed by atoms with van der Waals surface area (Å²) < 4.78 is 0. The summed E-state index contributed by atoms with van der Waals surface area (Å²) in [5.74, 6) is 1.09. The van der Waals surface area contributed by atoms with Gasteiger partial charge in [-0.15, -0.1) is 0 Å². The molecule has 0 radical (unpaired) electrons. The van der Waals surface area contributed by atoms with Crippen LogP contribution in [0.2, 0.25) is 0 Å². The summed E-state index contributed by atoms with van der Waals surface area (Å²) in [6, 6.07) is 13.9. The van der Waals surface area contributed by atoms with E-state index in [0.717, 1.165) is 11.3 Å². The lowest BCUT2D eigenvalue weighted by molar-refractivity contribution is 0.171. The lowest BCUT2D eigenvalue weighted by Gasteiger charge is -2.39. The fourth-order valence-electron chi connectivity index (χ4n) is 3.23. The Hall–Kier alpha value is -1.61. The van der Waals surface area contributed by atoms with Gasteiger partial charge in [0.1, 0.15) is 5.82 Å². The van der Waals surface area contributed by atoms with Gasteiger partial charge in [-0.1, -0.05) is 18.2 Å². The van der Waals surface area contributed by atoms with Crippen LogP contribution >= 0.6 is 0 Å². The zero-order valence-corrected chi connectivity index (χ0v) is 13.3. The molecule has 1 aliphatic heterocycles. The van der Waals surface area contributed by atoms with Gasteiger partial charge in [0, 0.05) is 37.6 Å². The van der Waals surface area contributed by atoms with E-state index in [1.54, 1.807) is 0 Å². The second kappa shape index (κ2) is 6.02. The van der Waals surface area contributed by atoms with E-state index >= 15 is 0 Å². The molecular formula is C18H25N3. The predicted molar refractivity (Wildman–Crippen MR) is 89.9 cm³/mol. The smallest absolute Gasteiger partial charge is 0.129 e. The lowest BCUT2D eigenvalue weighted by Crippen LogP contribution is -2.45. The van der Waals surface area contributed by atoms with E-state index < -0.39 is 0 Å². The molecule has 1 aromatic carbocycles. The molecule has 1 saturated heterocycles. The van der Waals surface area contributed by atoms with Crippen LogP contribution in [0.4, 0.5) is 5.82 Å². The molecule has 0 amide bonds. The molecule has 0 aliphatic carbocycles. The number of likely N-dealkylation sites (tertiary alicyclic amines) is 1. The first-order valence-electron chi connectivity index (χ1n) is 7.98. The number of para-hydroxylation sites is 1. The van der Waals surface area contributed by atoms with Crippen molar-refractivity contribution >= 4 is 16.7 Å². The van der Waals surface area contributed by atoms with Gasteiger partial charge in [-0.2, -0.15) is 0 Å². The number of anilines is 1. The quantitative estimate of drug-likeness (QED) is 0.859. The molecule has 3 rings (SSSR count). The highest BCUT2D eigenvalue weighted by Crippen LogP contribution is 2.23. The van der Waals surface area contributed by atoms with Gasteiger partial charge in [-0.25, -0.2) is 4.98 Å². The van der Waals surface area contributed by atoms with Crippen LogP contribution < -0.4 is 4.90 Å². The van der Waals surface area contributed by atoms with Crippen molar-refractivity contribution in [3.63, 3.8) is 0 Å². The molecule has 0 saturated carbocycles. The van der Waals surface area contributed by atoms with Gasteiger partial charge in [-0.3, -0.25) is 0 Å². The van der Waals surface area contributed by atoms with Crippen LogP contribution in [0.15, 0.2) is 36.4 Å². The van der Waals surface area contributed by atoms with Gasteiger partial charge >= 0.3 is 0 Å². The van der Waals surface area contributed by atoms with Crippen molar-refractivity contribution in [1.82, 2.24) is 9.88 Å². The molecule has 0 atom stereocenters. The molecule has 0 unspecified atom stereocenters. The summed E-state index contributed by atoms with van der Waals surface area (Å²) in [7, 11) is 2.19. The van der Waals surface area contributed by atoms with Gasteiger partial charge < -0.3 is 9.80 Å². The molecule has 1 fully saturated rings. The average molecular weight is 283 g/mol. The van der Waals surface area contributed by atoms with E-state index in [-0.39, 0.29) is 0 Å². The normalized spacial score (nSPS) is 17.5. The van der Waals surface area contributed by atoms with Gasteiger partial charge in [0.2, 0.25) is 0 Å². The molecule has 1 aliphatic rings. The van der Waals surface area contributed by atoms with Crippen LogP contribution in [0, 0.1) is 0 Å². The number of benzene rings is 1. The third kappa shape index (κ3) is 3.03. The summed E-state index contributed by atoms with van der Waals surface area (Å²) in [6.07, 6.45) is 2.45. The van der Waals surface area contributed by atoms with Gasteiger partial charge in [0.05, 0.1) is 5.52 Å². The van der Waals surface area contributed by atoms with Crippen molar-refractivity contribution in [2.24, 2.45) is 0 Å². The molecule has 0 bridgehead atoms. The van der Waals surface area contributed by atoms with E-state index in [2.05, 4.69) is 67.1 Å². The highest BCUT2D eigenvalue weighted by atomic mass is 15.2. The molecule has 0 N–H and O–H groups in total. The van der Waals surface area contributed by atoms with Crippen LogP contribution in [0.1, 0.15) is 26.7 Å². The monoisotopic (exact) mass is 283 g/mol. The van der Waals surface area contributed by atoms with E-state index in [1.165, 1.54) is 31.3 Å². The maximum Gasteiger partial charge on any atom is 0.129 e. The summed E-state index contributed by atoms with van der Waals surface area (Å²) in [4.78, 5) is 9.75. The Morgan fingerprint density at radius 3 is 2.52 bits per heavy atom. The average Bonchev–Trinajstić information content (AvgIpc) is 2.54. The summed E-state index contributed by atoms with van der Waals surface area (Å²) >= 11 is 0. The van der Waals surface area contributed by atoms with Crippen LogP contribution in [0.5, 0.6) is 0 Å². The molecule has 0 spiro atoms. The highest BCUT2D eigenvalue weighted by Gasteiger charge is 2.24. The minimum Gasteiger partial charge on any atom is -0.357 e. The summed E-state index contributed by atoms with van der Waals surface area (Å²) in [5.41, 5.74) is 1.08. The number of pyridine rings is 1. The molecule has 112 valence electrons.